The number of nitrogens with two attached hydrogens (primary N) is 1. The normalized spacial score (nSPS) is 27.5. The van der Waals surface area contributed by atoms with Crippen molar-refractivity contribution in [1.82, 2.24) is 0 Å². The molecule has 6 nitrogen and oxygen atoms in total. The van der Waals surface area contributed by atoms with E-state index in [-0.39, 0.29) is 6.61 Å². The summed E-state index contributed by atoms with van der Waals surface area (Å²) in [5.74, 6) is 0. The summed E-state index contributed by atoms with van der Waals surface area (Å²) >= 11 is 0. The molecule has 26 heavy (non-hydrogen) atoms. The van der Waals surface area contributed by atoms with Crippen LogP contribution in [-0.2, 0) is 13.6 Å². The van der Waals surface area contributed by atoms with Gasteiger partial charge in [-0.2, -0.15) is 0 Å². The Morgan fingerprint density at radius 1 is 0.962 bits per heavy atom. The molecule has 0 bridgehead atoms. The molecule has 1 rings (SSSR count). The number of aliphatic hydroxyl groups is 1. The van der Waals surface area contributed by atoms with Gasteiger partial charge in [0.05, 0.1) is 18.8 Å². The van der Waals surface area contributed by atoms with Gasteiger partial charge in [-0.3, -0.25) is 9.05 Å². The molecule has 1 heterocycles. The highest BCUT2D eigenvalue weighted by atomic mass is 31.2. The Labute approximate surface area is 159 Å². The molecule has 0 aromatic heterocycles. The first-order valence-electron chi connectivity index (χ1n) is 10.6. The number of hydrogen-bond acceptors (Lipinski definition) is 5. The molecule has 1 aliphatic rings. The lowest BCUT2D eigenvalue weighted by atomic mass is 10.00. The van der Waals surface area contributed by atoms with Crippen LogP contribution in [0, 0.1) is 0 Å². The van der Waals surface area contributed by atoms with E-state index in [1.165, 1.54) is 70.6 Å². The van der Waals surface area contributed by atoms with Crippen LogP contribution in [0.4, 0.5) is 0 Å². The minimum Gasteiger partial charge on any atom is -0.390 e. The summed E-state index contributed by atoms with van der Waals surface area (Å²) in [5.41, 5.74) is 5.80. The van der Waals surface area contributed by atoms with Gasteiger partial charge in [-0.05, 0) is 6.42 Å². The van der Waals surface area contributed by atoms with E-state index in [1.54, 1.807) is 0 Å². The maximum Gasteiger partial charge on any atom is 0.472 e. The van der Waals surface area contributed by atoms with Gasteiger partial charge in [-0.25, -0.2) is 4.57 Å². The van der Waals surface area contributed by atoms with Gasteiger partial charge < -0.3 is 15.7 Å². The van der Waals surface area contributed by atoms with Gasteiger partial charge in [0, 0.05) is 0 Å². The molecule has 1 saturated heterocycles. The molecule has 4 N–H and O–H groups in total. The Hall–Kier alpha value is 0.0300. The molecule has 4 atom stereocenters. The molecule has 0 saturated carbocycles. The molecule has 1 unspecified atom stereocenters. The van der Waals surface area contributed by atoms with Crippen LogP contribution in [0.5, 0.6) is 0 Å². The maximum atomic E-state index is 11.4. The summed E-state index contributed by atoms with van der Waals surface area (Å²) in [5, 5.41) is 10.2. The first-order chi connectivity index (χ1) is 12.5. The van der Waals surface area contributed by atoms with E-state index >= 15 is 0 Å². The number of unbranched alkanes of at least 4 members (excludes halogenated alkanes) is 12. The first kappa shape index (κ1) is 24.1. The van der Waals surface area contributed by atoms with E-state index in [0.29, 0.717) is 6.42 Å². The molecule has 156 valence electrons. The van der Waals surface area contributed by atoms with Gasteiger partial charge in [-0.15, -0.1) is 0 Å². The third kappa shape index (κ3) is 11.0. The molecular weight excluding hydrogens is 353 g/mol. The summed E-state index contributed by atoms with van der Waals surface area (Å²) in [6.07, 6.45) is 15.4. The van der Waals surface area contributed by atoms with E-state index in [4.69, 9.17) is 10.3 Å². The van der Waals surface area contributed by atoms with Crippen LogP contribution in [0.15, 0.2) is 0 Å². The summed E-state index contributed by atoms with van der Waals surface area (Å²) in [4.78, 5) is 9.34. The summed E-state index contributed by atoms with van der Waals surface area (Å²) < 4.78 is 21.0. The zero-order chi connectivity index (χ0) is 19.3. The molecule has 1 aliphatic heterocycles. The maximum absolute atomic E-state index is 11.4. The number of phosphoric ester groups is 1. The summed E-state index contributed by atoms with van der Waals surface area (Å²) in [6, 6.07) is -0.568. The van der Waals surface area contributed by atoms with E-state index in [2.05, 4.69) is 11.4 Å². The Kier molecular flexibility index (Phi) is 13.0. The third-order valence-corrected chi connectivity index (χ3v) is 6.07. The standard InChI is InChI=1S/C19H40NO5P/c1-2-3-4-5-6-7-8-9-10-11-12-13-14-15-18(21)19-17(20)16-24-26(22,23)25-19/h17-19,21H,2-16,20H2,1H3,(H,22,23)/t17-,18+,19-/m0/s1. The third-order valence-electron chi connectivity index (χ3n) is 5.09. The molecule has 0 amide bonds. The van der Waals surface area contributed by atoms with Crippen LogP contribution in [0.1, 0.15) is 96.8 Å². The fourth-order valence-corrected chi connectivity index (χ4v) is 4.45. The number of phosphoric acid groups is 1. The quantitative estimate of drug-likeness (QED) is 0.276. The van der Waals surface area contributed by atoms with E-state index in [0.717, 1.165) is 12.8 Å². The molecule has 0 aromatic carbocycles. The van der Waals surface area contributed by atoms with Crippen molar-refractivity contribution in [2.24, 2.45) is 5.73 Å². The predicted octanol–water partition coefficient (Wildman–Crippen LogP) is 4.67. The van der Waals surface area contributed by atoms with Crippen LogP contribution in [0.3, 0.4) is 0 Å². The fraction of sp³-hybridized carbons (Fsp3) is 1.00. The molecule has 1 fully saturated rings. The summed E-state index contributed by atoms with van der Waals surface area (Å²) in [7, 11) is -4.05. The zero-order valence-electron chi connectivity index (χ0n) is 16.5. The highest BCUT2D eigenvalue weighted by Gasteiger charge is 2.40. The van der Waals surface area contributed by atoms with Gasteiger partial charge in [0.15, 0.2) is 0 Å². The van der Waals surface area contributed by atoms with Crippen molar-refractivity contribution in [2.75, 3.05) is 6.61 Å². The van der Waals surface area contributed by atoms with Crippen LogP contribution >= 0.6 is 7.82 Å². The Bertz CT molecular complexity index is 396. The van der Waals surface area contributed by atoms with Crippen molar-refractivity contribution in [3.63, 3.8) is 0 Å². The van der Waals surface area contributed by atoms with Crippen LogP contribution in [0.2, 0.25) is 0 Å². The predicted molar refractivity (Wildman–Crippen MR) is 105 cm³/mol. The van der Waals surface area contributed by atoms with Gasteiger partial charge in [-0.1, -0.05) is 90.4 Å². The van der Waals surface area contributed by atoms with Gasteiger partial charge in [0.1, 0.15) is 6.10 Å². The van der Waals surface area contributed by atoms with Crippen LogP contribution in [0.25, 0.3) is 0 Å². The number of hydrogen-bond donors (Lipinski definition) is 3. The monoisotopic (exact) mass is 393 g/mol. The van der Waals surface area contributed by atoms with Crippen molar-refractivity contribution in [1.29, 1.82) is 0 Å². The number of aliphatic hydroxyl groups excluding tert-OH is 1. The lowest BCUT2D eigenvalue weighted by Crippen LogP contribution is -2.49. The minimum atomic E-state index is -4.05. The van der Waals surface area contributed by atoms with Crippen molar-refractivity contribution in [3.8, 4) is 0 Å². The minimum absolute atomic E-state index is 0.0614. The fourth-order valence-electron chi connectivity index (χ4n) is 3.43. The summed E-state index contributed by atoms with van der Waals surface area (Å²) in [6.45, 7) is 2.19. The van der Waals surface area contributed by atoms with Gasteiger partial charge >= 0.3 is 7.82 Å². The van der Waals surface area contributed by atoms with Crippen LogP contribution in [-0.4, -0.2) is 34.9 Å². The average Bonchev–Trinajstić information content (AvgIpc) is 2.61. The second kappa shape index (κ2) is 14.1. The second-order valence-corrected chi connectivity index (χ2v) is 9.00. The van der Waals surface area contributed by atoms with E-state index in [9.17, 15) is 14.6 Å². The second-order valence-electron chi connectivity index (χ2n) is 7.60. The molecular formula is C19H40NO5P. The molecule has 0 spiro atoms. The largest absolute Gasteiger partial charge is 0.472 e. The lowest BCUT2D eigenvalue weighted by Gasteiger charge is -2.33. The van der Waals surface area contributed by atoms with Crippen molar-refractivity contribution in [2.45, 2.75) is 115 Å². The first-order valence-corrected chi connectivity index (χ1v) is 12.0. The van der Waals surface area contributed by atoms with E-state index < -0.39 is 26.1 Å². The molecule has 0 aliphatic carbocycles. The molecule has 0 radical (unpaired) electrons. The topological polar surface area (TPSA) is 102 Å². The van der Waals surface area contributed by atoms with Crippen LogP contribution < -0.4 is 5.73 Å². The zero-order valence-corrected chi connectivity index (χ0v) is 17.4. The van der Waals surface area contributed by atoms with Gasteiger partial charge in [0.25, 0.3) is 0 Å². The Morgan fingerprint density at radius 2 is 1.42 bits per heavy atom. The lowest BCUT2D eigenvalue weighted by molar-refractivity contribution is -0.0429. The Balaban J connectivity index is 1.93. The number of rotatable bonds is 15. The van der Waals surface area contributed by atoms with Crippen molar-refractivity contribution in [3.05, 3.63) is 0 Å². The Morgan fingerprint density at radius 3 is 1.92 bits per heavy atom. The highest BCUT2D eigenvalue weighted by molar-refractivity contribution is 7.47. The van der Waals surface area contributed by atoms with Crippen molar-refractivity contribution >= 4 is 7.82 Å². The highest BCUT2D eigenvalue weighted by Crippen LogP contribution is 2.48. The average molecular weight is 394 g/mol. The smallest absolute Gasteiger partial charge is 0.390 e. The SMILES string of the molecule is CCCCCCCCCCCCCCC[C@@H](O)[C@H]1OP(=O)(O)OC[C@@H]1N. The molecule has 7 heteroatoms. The van der Waals surface area contributed by atoms with Gasteiger partial charge in [0.2, 0.25) is 0 Å². The van der Waals surface area contributed by atoms with E-state index in [1.807, 2.05) is 0 Å². The molecule has 0 aromatic rings. The van der Waals surface area contributed by atoms with Crippen molar-refractivity contribution < 1.29 is 23.6 Å².